The first-order valence-electron chi connectivity index (χ1n) is 14.4. The van der Waals surface area contributed by atoms with E-state index in [-0.39, 0.29) is 5.41 Å². The fourth-order valence-electron chi connectivity index (χ4n) is 5.37. The van der Waals surface area contributed by atoms with Crippen LogP contribution in [0, 0.1) is 0 Å². The molecular weight excluding hydrogens is 677 g/mol. The second-order valence-corrected chi connectivity index (χ2v) is 13.5. The van der Waals surface area contributed by atoms with Gasteiger partial charge >= 0.3 is 6.36 Å². The number of rotatable bonds is 11. The van der Waals surface area contributed by atoms with E-state index in [4.69, 9.17) is 21.2 Å². The Balaban J connectivity index is 1.45. The number of amides is 2. The number of methoxy groups -OCH3 is 1. The SMILES string of the molecule is COc1cc(NC(C(=O)N2CC3(CC3)c3ccc(OC(F)(F)F)cc32)c2ccc(Cl)cc2)cc(C(C)=NOC=CC(=O)NS(C)(=O)=O)c1. The van der Waals surface area contributed by atoms with Crippen LogP contribution in [-0.2, 0) is 29.9 Å². The molecular formula is C32H30ClF3N4O7S. The van der Waals surface area contributed by atoms with Crippen LogP contribution < -0.4 is 24.4 Å². The van der Waals surface area contributed by atoms with Crippen LogP contribution in [0.25, 0.3) is 0 Å². The van der Waals surface area contributed by atoms with Gasteiger partial charge in [-0.1, -0.05) is 35.0 Å². The highest BCUT2D eigenvalue weighted by molar-refractivity contribution is 7.89. The second-order valence-electron chi connectivity index (χ2n) is 11.3. The summed E-state index contributed by atoms with van der Waals surface area (Å²) in [6.45, 7) is 1.91. The molecule has 1 aliphatic heterocycles. The summed E-state index contributed by atoms with van der Waals surface area (Å²) in [7, 11) is -2.29. The Morgan fingerprint density at radius 1 is 1.06 bits per heavy atom. The summed E-state index contributed by atoms with van der Waals surface area (Å²) >= 11 is 6.14. The Kier molecular flexibility index (Phi) is 9.65. The molecule has 1 spiro atoms. The molecule has 0 bridgehead atoms. The van der Waals surface area contributed by atoms with E-state index in [1.165, 1.54) is 24.1 Å². The van der Waals surface area contributed by atoms with Gasteiger partial charge in [0.05, 0.1) is 24.8 Å². The maximum Gasteiger partial charge on any atom is 0.573 e. The monoisotopic (exact) mass is 706 g/mol. The third kappa shape index (κ3) is 8.39. The highest BCUT2D eigenvalue weighted by Crippen LogP contribution is 2.57. The lowest BCUT2D eigenvalue weighted by molar-refractivity contribution is -0.274. The number of nitrogens with one attached hydrogen (secondary N) is 2. The number of carbonyl (C=O) groups excluding carboxylic acids is 2. The van der Waals surface area contributed by atoms with Gasteiger partial charge in [0.2, 0.25) is 10.0 Å². The molecule has 254 valence electrons. The van der Waals surface area contributed by atoms with Gasteiger partial charge in [-0.3, -0.25) is 9.59 Å². The number of nitrogens with zero attached hydrogens (tertiary/aromatic N) is 2. The maximum atomic E-state index is 14.4. The summed E-state index contributed by atoms with van der Waals surface area (Å²) in [5.41, 5.74) is 2.63. The zero-order chi connectivity index (χ0) is 34.9. The van der Waals surface area contributed by atoms with Crippen molar-refractivity contribution in [2.24, 2.45) is 5.16 Å². The summed E-state index contributed by atoms with van der Waals surface area (Å²) in [4.78, 5) is 32.6. The zero-order valence-electron chi connectivity index (χ0n) is 25.8. The van der Waals surface area contributed by atoms with Crippen molar-refractivity contribution in [3.8, 4) is 11.5 Å². The topological polar surface area (TPSA) is 136 Å². The molecule has 16 heteroatoms. The van der Waals surface area contributed by atoms with E-state index in [1.807, 2.05) is 0 Å². The van der Waals surface area contributed by atoms with Crippen LogP contribution >= 0.6 is 11.6 Å². The van der Waals surface area contributed by atoms with E-state index in [0.29, 0.717) is 45.5 Å². The minimum absolute atomic E-state index is 0.296. The Morgan fingerprint density at radius 2 is 1.77 bits per heavy atom. The van der Waals surface area contributed by atoms with Crippen molar-refractivity contribution in [1.82, 2.24) is 4.72 Å². The lowest BCUT2D eigenvalue weighted by Gasteiger charge is -2.27. The number of benzene rings is 3. The number of carbonyl (C=O) groups is 2. The number of alkyl halides is 3. The summed E-state index contributed by atoms with van der Waals surface area (Å²) in [6, 6.07) is 14.7. The van der Waals surface area contributed by atoms with Crippen molar-refractivity contribution in [3.63, 3.8) is 0 Å². The molecule has 11 nitrogen and oxygen atoms in total. The van der Waals surface area contributed by atoms with E-state index < -0.39 is 40.0 Å². The quantitative estimate of drug-likeness (QED) is 0.110. The molecule has 0 radical (unpaired) electrons. The molecule has 1 aliphatic carbocycles. The summed E-state index contributed by atoms with van der Waals surface area (Å²) in [6.07, 6.45) is -0.729. The average Bonchev–Trinajstić information content (AvgIpc) is 3.72. The predicted octanol–water partition coefficient (Wildman–Crippen LogP) is 5.81. The molecule has 1 heterocycles. The number of halogens is 4. The summed E-state index contributed by atoms with van der Waals surface area (Å²) in [5, 5.41) is 7.64. The summed E-state index contributed by atoms with van der Waals surface area (Å²) < 4.78 is 73.0. The van der Waals surface area contributed by atoms with E-state index in [1.54, 1.807) is 60.2 Å². The highest BCUT2D eigenvalue weighted by atomic mass is 35.5. The van der Waals surface area contributed by atoms with Crippen molar-refractivity contribution < 1.29 is 45.5 Å². The van der Waals surface area contributed by atoms with E-state index in [9.17, 15) is 31.2 Å². The normalized spacial score (nSPS) is 16.0. The first-order chi connectivity index (χ1) is 22.6. The lowest BCUT2D eigenvalue weighted by atomic mass is 9.99. The van der Waals surface area contributed by atoms with Crippen LogP contribution in [0.1, 0.15) is 42.5 Å². The molecule has 0 aromatic heterocycles. The molecule has 1 fully saturated rings. The number of hydrogen-bond donors (Lipinski definition) is 2. The zero-order valence-corrected chi connectivity index (χ0v) is 27.4. The third-order valence-corrected chi connectivity index (χ3v) is 8.55. The lowest BCUT2D eigenvalue weighted by Crippen LogP contribution is -2.38. The molecule has 1 saturated carbocycles. The van der Waals surface area contributed by atoms with Crippen LogP contribution in [0.4, 0.5) is 24.5 Å². The van der Waals surface area contributed by atoms with Crippen molar-refractivity contribution >= 4 is 50.5 Å². The third-order valence-electron chi connectivity index (χ3n) is 7.72. The maximum absolute atomic E-state index is 14.4. The Morgan fingerprint density at radius 3 is 2.40 bits per heavy atom. The van der Waals surface area contributed by atoms with Gasteiger partial charge < -0.3 is 24.5 Å². The second kappa shape index (κ2) is 13.4. The van der Waals surface area contributed by atoms with Gasteiger partial charge in [0, 0.05) is 46.4 Å². The van der Waals surface area contributed by atoms with Crippen LogP contribution in [-0.4, -0.2) is 52.2 Å². The Hall–Kier alpha value is -4.76. The minimum Gasteiger partial charge on any atom is -0.497 e. The number of anilines is 2. The highest BCUT2D eigenvalue weighted by Gasteiger charge is 2.54. The number of sulfonamides is 1. The molecule has 0 saturated heterocycles. The van der Waals surface area contributed by atoms with Crippen LogP contribution in [0.2, 0.25) is 5.02 Å². The largest absolute Gasteiger partial charge is 0.573 e. The molecule has 1 atom stereocenters. The number of ether oxygens (including phenoxy) is 2. The average molecular weight is 707 g/mol. The molecule has 2 N–H and O–H groups in total. The number of hydrogen-bond acceptors (Lipinski definition) is 9. The molecule has 5 rings (SSSR count). The van der Waals surface area contributed by atoms with Crippen LogP contribution in [0.15, 0.2) is 78.2 Å². The van der Waals surface area contributed by atoms with Crippen molar-refractivity contribution in [2.75, 3.05) is 30.1 Å². The molecule has 3 aromatic carbocycles. The van der Waals surface area contributed by atoms with Gasteiger partial charge in [-0.15, -0.1) is 13.2 Å². The first-order valence-corrected chi connectivity index (χ1v) is 16.6. The van der Waals surface area contributed by atoms with E-state index >= 15 is 0 Å². The standard InChI is InChI=1S/C32H30ClF3N4O7S/c1-19(38-46-13-10-28(41)39-48(3,43)44)21-14-23(16-25(15-21)45-2)37-29(20-4-6-22(33)7-5-20)30(42)40-18-31(11-12-31)26-9-8-24(17-27(26)40)47-32(34,35)36/h4-10,13-17,29,37H,11-12,18H2,1-3H3,(H,39,41). The molecule has 2 aliphatic rings. The smallest absolute Gasteiger partial charge is 0.497 e. The number of fused-ring (bicyclic) bond motifs is 2. The molecule has 2 amide bonds. The van der Waals surface area contributed by atoms with Crippen molar-refractivity contribution in [1.29, 1.82) is 0 Å². The van der Waals surface area contributed by atoms with E-state index in [2.05, 4.69) is 15.2 Å². The van der Waals surface area contributed by atoms with Crippen molar-refractivity contribution in [3.05, 3.63) is 94.7 Å². The van der Waals surface area contributed by atoms with Gasteiger partial charge in [-0.25, -0.2) is 13.1 Å². The fraction of sp³-hybridized carbons (Fsp3) is 0.281. The van der Waals surface area contributed by atoms with Crippen LogP contribution in [0.3, 0.4) is 0 Å². The van der Waals surface area contributed by atoms with Crippen molar-refractivity contribution in [2.45, 2.75) is 37.6 Å². The molecule has 3 aromatic rings. The van der Waals surface area contributed by atoms with Gasteiger partial charge in [0.15, 0.2) is 0 Å². The van der Waals surface area contributed by atoms with Gasteiger partial charge in [-0.2, -0.15) is 0 Å². The first kappa shape index (κ1) is 34.6. The van der Waals surface area contributed by atoms with Crippen LogP contribution in [0.5, 0.6) is 11.5 Å². The van der Waals surface area contributed by atoms with Gasteiger partial charge in [0.25, 0.3) is 11.8 Å². The minimum atomic E-state index is -4.90. The fourth-order valence-corrected chi connectivity index (χ4v) is 5.93. The Labute approximate surface area is 279 Å². The number of oxime groups is 1. The Bertz CT molecular complexity index is 1900. The molecule has 48 heavy (non-hydrogen) atoms. The summed E-state index contributed by atoms with van der Waals surface area (Å²) in [5.74, 6) is -1.36. The van der Waals surface area contributed by atoms with Gasteiger partial charge in [0.1, 0.15) is 23.8 Å². The van der Waals surface area contributed by atoms with E-state index in [0.717, 1.165) is 37.0 Å². The predicted molar refractivity (Wildman–Crippen MR) is 173 cm³/mol. The molecule has 1 unspecified atom stereocenters. The van der Waals surface area contributed by atoms with Gasteiger partial charge in [-0.05, 0) is 61.2 Å².